The predicted octanol–water partition coefficient (Wildman–Crippen LogP) is -0.0321. The van der Waals surface area contributed by atoms with E-state index in [1.165, 1.54) is 21.0 Å². The van der Waals surface area contributed by atoms with Crippen molar-refractivity contribution in [2.45, 2.75) is 57.4 Å². The highest BCUT2D eigenvalue weighted by atomic mass is 32.2. The molecule has 4 aliphatic heterocycles. The zero-order valence-corrected chi connectivity index (χ0v) is 22.7. The molecule has 4 N–H and O–H groups in total. The summed E-state index contributed by atoms with van der Waals surface area (Å²) in [6, 6.07) is -0.293. The lowest BCUT2D eigenvalue weighted by Gasteiger charge is -2.47. The van der Waals surface area contributed by atoms with E-state index in [1.807, 2.05) is 13.8 Å². The van der Waals surface area contributed by atoms with Crippen molar-refractivity contribution in [3.8, 4) is 0 Å². The molecule has 4 heterocycles. The second-order valence-corrected chi connectivity index (χ2v) is 13.3. The molecular formula is C23H37N5O6S2. The van der Waals surface area contributed by atoms with Gasteiger partial charge in [-0.25, -0.2) is 9.52 Å². The topological polar surface area (TPSA) is 148 Å². The molecule has 0 aromatic carbocycles. The van der Waals surface area contributed by atoms with Crippen LogP contribution in [0.3, 0.4) is 0 Å². The molecule has 0 aliphatic carbocycles. The first kappa shape index (κ1) is 27.5. The van der Waals surface area contributed by atoms with Gasteiger partial charge in [0.15, 0.2) is 0 Å². The van der Waals surface area contributed by atoms with Crippen LogP contribution in [0.5, 0.6) is 0 Å². The van der Waals surface area contributed by atoms with Gasteiger partial charge in [-0.1, -0.05) is 20.8 Å². The number of hydrogen-bond acceptors (Lipinski definition) is 8. The number of Topliss-reactive ketones (excluding diaryl/α,β-unsaturated/α-hetero) is 1. The molecule has 3 fully saturated rings. The number of nitrogens with zero attached hydrogens (tertiary/aromatic N) is 2. The maximum Gasteiger partial charge on any atom is 0.353 e. The summed E-state index contributed by atoms with van der Waals surface area (Å²) in [7, 11) is -3.54. The van der Waals surface area contributed by atoms with Crippen LogP contribution in [0, 0.1) is 17.8 Å². The second kappa shape index (κ2) is 11.1. The lowest BCUT2D eigenvalue weighted by Crippen LogP contribution is -2.62. The Balaban J connectivity index is 1.37. The first-order valence-corrected chi connectivity index (χ1v) is 15.0. The van der Waals surface area contributed by atoms with Gasteiger partial charge >= 0.3 is 5.97 Å². The lowest BCUT2D eigenvalue weighted by molar-refractivity contribution is -0.160. The molecule has 11 nitrogen and oxygen atoms in total. The summed E-state index contributed by atoms with van der Waals surface area (Å²) < 4.78 is 29.3. The number of nitrogens with one attached hydrogen (secondary N) is 3. The number of β-lactam (4-membered cyclic amide) rings is 1. The van der Waals surface area contributed by atoms with Crippen LogP contribution in [0.15, 0.2) is 10.6 Å². The van der Waals surface area contributed by atoms with Crippen molar-refractivity contribution in [1.82, 2.24) is 24.6 Å². The van der Waals surface area contributed by atoms with Crippen LogP contribution in [0.4, 0.5) is 0 Å². The van der Waals surface area contributed by atoms with Crippen molar-refractivity contribution >= 4 is 39.6 Å². The van der Waals surface area contributed by atoms with E-state index < -0.39 is 16.2 Å². The Morgan fingerprint density at radius 2 is 1.97 bits per heavy atom. The van der Waals surface area contributed by atoms with E-state index in [0.717, 1.165) is 0 Å². The van der Waals surface area contributed by atoms with Gasteiger partial charge in [-0.3, -0.25) is 9.59 Å². The highest BCUT2D eigenvalue weighted by Gasteiger charge is 2.60. The molecule has 0 spiro atoms. The molecule has 6 atom stereocenters. The molecule has 4 rings (SSSR count). The average Bonchev–Trinajstić information content (AvgIpc) is 3.39. The van der Waals surface area contributed by atoms with Gasteiger partial charge in [0.2, 0.25) is 5.91 Å². The molecule has 13 heteroatoms. The summed E-state index contributed by atoms with van der Waals surface area (Å²) in [4.78, 5) is 39.2. The Morgan fingerprint density at radius 1 is 1.28 bits per heavy atom. The molecule has 0 aromatic rings. The van der Waals surface area contributed by atoms with Crippen molar-refractivity contribution < 1.29 is 27.9 Å². The Kier molecular flexibility index (Phi) is 8.47. The summed E-state index contributed by atoms with van der Waals surface area (Å²) in [5.41, 5.74) is 0.0654. The Labute approximate surface area is 217 Å². The van der Waals surface area contributed by atoms with Gasteiger partial charge in [0, 0.05) is 74.2 Å². The monoisotopic (exact) mass is 543 g/mol. The van der Waals surface area contributed by atoms with Crippen LogP contribution in [-0.2, 0) is 24.6 Å². The smallest absolute Gasteiger partial charge is 0.353 e. The van der Waals surface area contributed by atoms with Gasteiger partial charge in [-0.2, -0.15) is 12.7 Å². The molecule has 0 radical (unpaired) electrons. The number of ketones is 1. The number of thioether (sulfide) groups is 1. The minimum Gasteiger partial charge on any atom is -0.477 e. The predicted molar refractivity (Wildman–Crippen MR) is 136 cm³/mol. The fourth-order valence-corrected chi connectivity index (χ4v) is 8.56. The summed E-state index contributed by atoms with van der Waals surface area (Å²) in [5, 5.41) is 16.5. The third kappa shape index (κ3) is 5.37. The number of amides is 1. The number of carboxylic acids is 1. The average molecular weight is 544 g/mol. The third-order valence-electron chi connectivity index (χ3n) is 7.75. The second-order valence-electron chi connectivity index (χ2n) is 10.2. The van der Waals surface area contributed by atoms with E-state index in [0.29, 0.717) is 56.9 Å². The number of carbonyl (C=O) groups is 3. The normalized spacial score (nSPS) is 31.9. The first-order chi connectivity index (χ1) is 17.0. The number of fused-ring (bicyclic) bond motifs is 1. The molecule has 36 heavy (non-hydrogen) atoms. The minimum absolute atomic E-state index is 0.0581. The Bertz CT molecular complexity index is 1030. The first-order valence-electron chi connectivity index (χ1n) is 12.7. The van der Waals surface area contributed by atoms with Crippen molar-refractivity contribution in [2.24, 2.45) is 17.8 Å². The molecule has 3 saturated heterocycles. The van der Waals surface area contributed by atoms with Gasteiger partial charge in [0.25, 0.3) is 10.2 Å². The van der Waals surface area contributed by atoms with E-state index in [1.54, 1.807) is 6.92 Å². The van der Waals surface area contributed by atoms with Gasteiger partial charge in [0.05, 0.1) is 12.0 Å². The number of rotatable bonds is 11. The lowest BCUT2D eigenvalue weighted by atomic mass is 9.73. The molecule has 0 unspecified atom stereocenters. The van der Waals surface area contributed by atoms with Crippen molar-refractivity contribution in [3.05, 3.63) is 10.6 Å². The summed E-state index contributed by atoms with van der Waals surface area (Å²) in [5.74, 6) is -1.82. The van der Waals surface area contributed by atoms with Gasteiger partial charge in [-0.05, 0) is 12.3 Å². The van der Waals surface area contributed by atoms with Crippen molar-refractivity contribution in [2.75, 3.05) is 39.3 Å². The van der Waals surface area contributed by atoms with Crippen LogP contribution in [0.1, 0.15) is 40.0 Å². The number of hydrogen-bond donors (Lipinski definition) is 4. The zero-order chi connectivity index (χ0) is 26.2. The van der Waals surface area contributed by atoms with Crippen molar-refractivity contribution in [3.63, 3.8) is 0 Å². The quantitative estimate of drug-likeness (QED) is 0.264. The standard InChI is InChI=1S/C23H37N5O6S2/c1-4-16(29)9-13(2)18-19-14(3)21(20(23(31)32)28(19)22(18)30)35-17-10-15(25-12-17)11-26-36(33,34)27-7-5-24-6-8-27/h13-15,17-19,24-26H,4-12H2,1-3H3,(H,31,32)/t13-,14+,15-,17-,18+,19-/m0/s1. The van der Waals surface area contributed by atoms with E-state index in [2.05, 4.69) is 15.4 Å². The minimum atomic E-state index is -3.54. The van der Waals surface area contributed by atoms with Crippen LogP contribution in [0.25, 0.3) is 0 Å². The summed E-state index contributed by atoms with van der Waals surface area (Å²) in [6.07, 6.45) is 1.43. The molecule has 0 saturated carbocycles. The van der Waals surface area contributed by atoms with Crippen LogP contribution in [0.2, 0.25) is 0 Å². The molecule has 1 amide bonds. The van der Waals surface area contributed by atoms with Crippen LogP contribution >= 0.6 is 11.8 Å². The van der Waals surface area contributed by atoms with Crippen LogP contribution < -0.4 is 15.4 Å². The molecule has 202 valence electrons. The highest BCUT2D eigenvalue weighted by Crippen LogP contribution is 2.53. The molecule has 0 bridgehead atoms. The van der Waals surface area contributed by atoms with Crippen LogP contribution in [-0.4, -0.2) is 97.0 Å². The van der Waals surface area contributed by atoms with Gasteiger partial charge < -0.3 is 20.6 Å². The maximum atomic E-state index is 13.0. The number of aliphatic carboxylic acids is 1. The summed E-state index contributed by atoms with van der Waals surface area (Å²) in [6.45, 7) is 8.71. The number of piperazine rings is 1. The summed E-state index contributed by atoms with van der Waals surface area (Å²) >= 11 is 1.49. The van der Waals surface area contributed by atoms with E-state index in [-0.39, 0.29) is 59.0 Å². The van der Waals surface area contributed by atoms with E-state index in [9.17, 15) is 27.9 Å². The van der Waals surface area contributed by atoms with E-state index in [4.69, 9.17) is 0 Å². The molecular weight excluding hydrogens is 506 g/mol. The van der Waals surface area contributed by atoms with Crippen molar-refractivity contribution in [1.29, 1.82) is 0 Å². The number of carboxylic acid groups (broad SMARTS) is 1. The highest BCUT2D eigenvalue weighted by molar-refractivity contribution is 8.03. The van der Waals surface area contributed by atoms with Gasteiger partial charge in [0.1, 0.15) is 11.5 Å². The fraction of sp³-hybridized carbons (Fsp3) is 0.783. The largest absolute Gasteiger partial charge is 0.477 e. The Hall–Kier alpha value is -1.51. The Morgan fingerprint density at radius 3 is 2.61 bits per heavy atom. The maximum absolute atomic E-state index is 13.0. The fourth-order valence-electron chi connectivity index (χ4n) is 5.79. The van der Waals surface area contributed by atoms with E-state index >= 15 is 0 Å². The SMILES string of the molecule is CCC(=O)C[C@H](C)[C@H]1C(=O)N2C(C(=O)O)=C(S[C@@H]3CN[C@H](CNS(=O)(=O)N4CCNCC4)C3)[C@H](C)[C@@H]12. The third-order valence-corrected chi connectivity index (χ3v) is 10.8. The zero-order valence-electron chi connectivity index (χ0n) is 21.0. The molecule has 0 aromatic heterocycles. The van der Waals surface area contributed by atoms with Gasteiger partial charge in [-0.15, -0.1) is 11.8 Å². The number of carbonyl (C=O) groups excluding carboxylic acids is 2. The molecule has 4 aliphatic rings.